The van der Waals surface area contributed by atoms with Crippen molar-refractivity contribution in [1.82, 2.24) is 15.0 Å². The molecule has 0 unspecified atom stereocenters. The van der Waals surface area contributed by atoms with Crippen molar-refractivity contribution < 1.29 is 0 Å². The minimum Gasteiger partial charge on any atom is -0.369 e. The van der Waals surface area contributed by atoms with Crippen LogP contribution in [0.2, 0.25) is 0 Å². The van der Waals surface area contributed by atoms with Gasteiger partial charge in [-0.25, -0.2) is 9.97 Å². The number of nitrogens with one attached hydrogen (secondary N) is 1. The standard InChI is InChI=1S/C17H20N4S/c1-4-5-9-19-16-14-11(2)12(3)22-17(14)21-15(20-16)13-7-6-8-18-10-13/h6-8,10H,4-5,9H2,1-3H3,(H,19,20,21). The molecule has 0 amide bonds. The van der Waals surface area contributed by atoms with Crippen molar-refractivity contribution in [1.29, 1.82) is 0 Å². The van der Waals surface area contributed by atoms with Gasteiger partial charge in [-0.1, -0.05) is 13.3 Å². The second kappa shape index (κ2) is 6.40. The first-order valence-corrected chi connectivity index (χ1v) is 8.44. The Balaban J connectivity index is 2.12. The number of unbranched alkanes of at least 4 members (excludes halogenated alkanes) is 1. The normalized spacial score (nSPS) is 11.0. The number of hydrogen-bond acceptors (Lipinski definition) is 5. The van der Waals surface area contributed by atoms with E-state index in [1.807, 2.05) is 18.3 Å². The van der Waals surface area contributed by atoms with Crippen molar-refractivity contribution in [3.05, 3.63) is 35.0 Å². The van der Waals surface area contributed by atoms with Gasteiger partial charge in [-0.15, -0.1) is 11.3 Å². The van der Waals surface area contributed by atoms with Crippen LogP contribution in [0.15, 0.2) is 24.5 Å². The Kier molecular flexibility index (Phi) is 4.34. The fourth-order valence-corrected chi connectivity index (χ4v) is 3.41. The molecule has 0 aliphatic carbocycles. The zero-order valence-electron chi connectivity index (χ0n) is 13.2. The van der Waals surface area contributed by atoms with E-state index in [-0.39, 0.29) is 0 Å². The molecule has 0 spiro atoms. The zero-order valence-corrected chi connectivity index (χ0v) is 14.0. The lowest BCUT2D eigenvalue weighted by Gasteiger charge is -2.09. The van der Waals surface area contributed by atoms with Crippen molar-refractivity contribution in [2.75, 3.05) is 11.9 Å². The molecular formula is C17H20N4S. The van der Waals surface area contributed by atoms with Gasteiger partial charge in [-0.05, 0) is 38.0 Å². The second-order valence-corrected chi connectivity index (χ2v) is 6.58. The van der Waals surface area contributed by atoms with E-state index in [1.54, 1.807) is 17.5 Å². The Morgan fingerprint density at radius 3 is 2.82 bits per heavy atom. The average molecular weight is 312 g/mol. The highest BCUT2D eigenvalue weighted by atomic mass is 32.1. The molecule has 114 valence electrons. The number of rotatable bonds is 5. The van der Waals surface area contributed by atoms with Gasteiger partial charge in [0.25, 0.3) is 0 Å². The Bertz CT molecular complexity index is 780. The Morgan fingerprint density at radius 1 is 1.23 bits per heavy atom. The summed E-state index contributed by atoms with van der Waals surface area (Å²) in [5.74, 6) is 1.68. The van der Waals surface area contributed by atoms with Crippen LogP contribution < -0.4 is 5.32 Å². The molecule has 0 aliphatic heterocycles. The van der Waals surface area contributed by atoms with Gasteiger partial charge in [0.1, 0.15) is 10.6 Å². The topological polar surface area (TPSA) is 50.7 Å². The van der Waals surface area contributed by atoms with Crippen LogP contribution in [-0.4, -0.2) is 21.5 Å². The van der Waals surface area contributed by atoms with Crippen molar-refractivity contribution in [2.45, 2.75) is 33.6 Å². The molecule has 3 rings (SSSR count). The molecule has 0 saturated heterocycles. The first kappa shape index (κ1) is 14.9. The van der Waals surface area contributed by atoms with E-state index >= 15 is 0 Å². The molecule has 3 heterocycles. The van der Waals surface area contributed by atoms with Crippen LogP contribution in [0, 0.1) is 13.8 Å². The molecule has 1 N–H and O–H groups in total. The van der Waals surface area contributed by atoms with Crippen molar-refractivity contribution in [2.24, 2.45) is 0 Å². The number of fused-ring (bicyclic) bond motifs is 1. The van der Waals surface area contributed by atoms with Gasteiger partial charge < -0.3 is 5.32 Å². The van der Waals surface area contributed by atoms with E-state index in [4.69, 9.17) is 9.97 Å². The fourth-order valence-electron chi connectivity index (χ4n) is 2.39. The maximum atomic E-state index is 4.76. The maximum absolute atomic E-state index is 4.76. The largest absolute Gasteiger partial charge is 0.369 e. The summed E-state index contributed by atoms with van der Waals surface area (Å²) in [7, 11) is 0. The zero-order chi connectivity index (χ0) is 15.5. The van der Waals surface area contributed by atoms with E-state index in [9.17, 15) is 0 Å². The fraction of sp³-hybridized carbons (Fsp3) is 0.353. The molecule has 0 bridgehead atoms. The predicted molar refractivity (Wildman–Crippen MR) is 93.5 cm³/mol. The van der Waals surface area contributed by atoms with Gasteiger partial charge in [-0.3, -0.25) is 4.98 Å². The minimum atomic E-state index is 0.737. The first-order chi connectivity index (χ1) is 10.7. The summed E-state index contributed by atoms with van der Waals surface area (Å²) in [6.07, 6.45) is 5.88. The van der Waals surface area contributed by atoms with Gasteiger partial charge >= 0.3 is 0 Å². The Hall–Kier alpha value is -2.01. The van der Waals surface area contributed by atoms with E-state index in [0.717, 1.165) is 40.4 Å². The summed E-state index contributed by atoms with van der Waals surface area (Å²) in [5.41, 5.74) is 2.23. The van der Waals surface area contributed by atoms with Gasteiger partial charge in [-0.2, -0.15) is 0 Å². The smallest absolute Gasteiger partial charge is 0.164 e. The summed E-state index contributed by atoms with van der Waals surface area (Å²) in [6.45, 7) is 7.41. The number of aromatic nitrogens is 3. The molecule has 3 aromatic heterocycles. The molecule has 22 heavy (non-hydrogen) atoms. The van der Waals surface area contributed by atoms with Crippen LogP contribution in [0.3, 0.4) is 0 Å². The van der Waals surface area contributed by atoms with Crippen molar-refractivity contribution in [3.8, 4) is 11.4 Å². The Labute approximate surface area is 134 Å². The number of pyridine rings is 1. The summed E-state index contributed by atoms with van der Waals surface area (Å²) >= 11 is 1.73. The highest BCUT2D eigenvalue weighted by molar-refractivity contribution is 7.18. The molecule has 0 saturated carbocycles. The number of aryl methyl sites for hydroxylation is 2. The molecule has 0 aliphatic rings. The predicted octanol–water partition coefficient (Wildman–Crippen LogP) is 4.58. The SMILES string of the molecule is CCCCNc1nc(-c2cccnc2)nc2sc(C)c(C)c12. The van der Waals surface area contributed by atoms with Crippen molar-refractivity contribution in [3.63, 3.8) is 0 Å². The van der Waals surface area contributed by atoms with Crippen LogP contribution >= 0.6 is 11.3 Å². The number of hydrogen-bond donors (Lipinski definition) is 1. The molecule has 0 radical (unpaired) electrons. The molecule has 0 aromatic carbocycles. The third-order valence-electron chi connectivity index (χ3n) is 3.77. The summed E-state index contributed by atoms with van der Waals surface area (Å²) in [6, 6.07) is 3.91. The summed E-state index contributed by atoms with van der Waals surface area (Å²) < 4.78 is 0. The van der Waals surface area contributed by atoms with E-state index in [0.29, 0.717) is 0 Å². The molecule has 0 atom stereocenters. The van der Waals surface area contributed by atoms with E-state index in [2.05, 4.69) is 31.1 Å². The molecular weight excluding hydrogens is 292 g/mol. The first-order valence-electron chi connectivity index (χ1n) is 7.62. The van der Waals surface area contributed by atoms with Crippen LogP contribution in [0.4, 0.5) is 5.82 Å². The van der Waals surface area contributed by atoms with Crippen LogP contribution in [0.5, 0.6) is 0 Å². The Morgan fingerprint density at radius 2 is 2.09 bits per heavy atom. The minimum absolute atomic E-state index is 0.737. The molecule has 4 nitrogen and oxygen atoms in total. The van der Waals surface area contributed by atoms with Crippen molar-refractivity contribution >= 4 is 27.4 Å². The van der Waals surface area contributed by atoms with Crippen LogP contribution in [0.25, 0.3) is 21.6 Å². The quantitative estimate of drug-likeness (QED) is 0.700. The monoisotopic (exact) mass is 312 g/mol. The lowest BCUT2D eigenvalue weighted by molar-refractivity contribution is 0.832. The summed E-state index contributed by atoms with van der Waals surface area (Å²) in [5, 5.41) is 4.65. The highest BCUT2D eigenvalue weighted by Gasteiger charge is 2.15. The number of anilines is 1. The van der Waals surface area contributed by atoms with Gasteiger partial charge in [0.2, 0.25) is 0 Å². The number of thiophene rings is 1. The average Bonchev–Trinajstić information content (AvgIpc) is 2.83. The maximum Gasteiger partial charge on any atom is 0.164 e. The van der Waals surface area contributed by atoms with E-state index < -0.39 is 0 Å². The van der Waals surface area contributed by atoms with Gasteiger partial charge in [0.05, 0.1) is 5.39 Å². The lowest BCUT2D eigenvalue weighted by atomic mass is 10.2. The van der Waals surface area contributed by atoms with Gasteiger partial charge in [0.15, 0.2) is 5.82 Å². The number of nitrogens with zero attached hydrogens (tertiary/aromatic N) is 3. The van der Waals surface area contributed by atoms with Gasteiger partial charge in [0, 0.05) is 29.4 Å². The third-order valence-corrected chi connectivity index (χ3v) is 4.87. The molecule has 3 aromatic rings. The van der Waals surface area contributed by atoms with Crippen LogP contribution in [0.1, 0.15) is 30.2 Å². The second-order valence-electron chi connectivity index (χ2n) is 5.38. The summed E-state index contributed by atoms with van der Waals surface area (Å²) in [4.78, 5) is 16.0. The third kappa shape index (κ3) is 2.81. The lowest BCUT2D eigenvalue weighted by Crippen LogP contribution is -2.05. The molecule has 5 heteroatoms. The van der Waals surface area contributed by atoms with E-state index in [1.165, 1.54) is 16.9 Å². The van der Waals surface area contributed by atoms with Crippen LogP contribution in [-0.2, 0) is 0 Å². The highest BCUT2D eigenvalue weighted by Crippen LogP contribution is 2.34. The molecule has 0 fully saturated rings.